The lowest BCUT2D eigenvalue weighted by molar-refractivity contribution is -0.139. The van der Waals surface area contributed by atoms with Gasteiger partial charge in [0.15, 0.2) is 0 Å². The van der Waals surface area contributed by atoms with Crippen LogP contribution in [-0.4, -0.2) is 29.9 Å². The Kier molecular flexibility index (Phi) is 8.11. The Balaban J connectivity index is 2.68. The van der Waals surface area contributed by atoms with Gasteiger partial charge in [-0.25, -0.2) is 0 Å². The number of rotatable bonds is 8. The minimum absolute atomic E-state index is 0.225. The summed E-state index contributed by atoms with van der Waals surface area (Å²) in [5.41, 5.74) is 5.73. The molecule has 0 saturated heterocycles. The van der Waals surface area contributed by atoms with Crippen LogP contribution >= 0.6 is 0 Å². The van der Waals surface area contributed by atoms with Crippen LogP contribution in [0.5, 0.6) is 0 Å². The second kappa shape index (κ2) is 9.35. The van der Waals surface area contributed by atoms with E-state index in [9.17, 15) is 4.79 Å². The summed E-state index contributed by atoms with van der Waals surface area (Å²) < 4.78 is 0. The Morgan fingerprint density at radius 3 is 2.21 bits per heavy atom. The summed E-state index contributed by atoms with van der Waals surface area (Å²) >= 11 is 0. The van der Waals surface area contributed by atoms with Gasteiger partial charge in [0, 0.05) is 25.0 Å². The van der Waals surface area contributed by atoms with Crippen LogP contribution < -0.4 is 5.73 Å². The molecule has 1 aliphatic rings. The summed E-state index contributed by atoms with van der Waals surface area (Å²) in [6, 6.07) is 0.459. The molecule has 1 rings (SSSR count). The average molecular weight is 268 g/mol. The van der Waals surface area contributed by atoms with Crippen LogP contribution in [0.4, 0.5) is 0 Å². The molecular formula is C16H32N2O. The van der Waals surface area contributed by atoms with Crippen molar-refractivity contribution in [1.82, 2.24) is 4.90 Å². The molecule has 2 N–H and O–H groups in total. The van der Waals surface area contributed by atoms with Crippen molar-refractivity contribution in [2.24, 2.45) is 11.7 Å². The molecule has 0 unspecified atom stereocenters. The molecule has 1 amide bonds. The van der Waals surface area contributed by atoms with Crippen molar-refractivity contribution in [3.63, 3.8) is 0 Å². The molecule has 112 valence electrons. The van der Waals surface area contributed by atoms with E-state index in [1.165, 1.54) is 32.1 Å². The SMILES string of the molecule is CCCC(CCC)C(=O)N(CCN)C1CCCCC1. The topological polar surface area (TPSA) is 46.3 Å². The lowest BCUT2D eigenvalue weighted by atomic mass is 9.91. The van der Waals surface area contributed by atoms with Crippen LogP contribution in [0, 0.1) is 5.92 Å². The summed E-state index contributed by atoms with van der Waals surface area (Å²) in [5, 5.41) is 0. The number of carbonyl (C=O) groups is 1. The third-order valence-corrected chi connectivity index (χ3v) is 4.29. The van der Waals surface area contributed by atoms with Crippen LogP contribution in [0.25, 0.3) is 0 Å². The van der Waals surface area contributed by atoms with Crippen molar-refractivity contribution in [3.8, 4) is 0 Å². The Labute approximate surface area is 118 Å². The summed E-state index contributed by atoms with van der Waals surface area (Å²) in [6.07, 6.45) is 10.5. The molecule has 0 spiro atoms. The maximum atomic E-state index is 12.8. The third kappa shape index (κ3) is 5.13. The zero-order valence-electron chi connectivity index (χ0n) is 12.9. The highest BCUT2D eigenvalue weighted by Gasteiger charge is 2.29. The minimum Gasteiger partial charge on any atom is -0.338 e. The molecule has 3 heteroatoms. The van der Waals surface area contributed by atoms with Gasteiger partial charge < -0.3 is 10.6 Å². The molecule has 3 nitrogen and oxygen atoms in total. The van der Waals surface area contributed by atoms with E-state index in [1.54, 1.807) is 0 Å². The predicted molar refractivity (Wildman–Crippen MR) is 80.9 cm³/mol. The Hall–Kier alpha value is -0.570. The monoisotopic (exact) mass is 268 g/mol. The van der Waals surface area contributed by atoms with Crippen molar-refractivity contribution in [2.45, 2.75) is 77.7 Å². The Morgan fingerprint density at radius 1 is 1.16 bits per heavy atom. The van der Waals surface area contributed by atoms with E-state index >= 15 is 0 Å². The highest BCUT2D eigenvalue weighted by molar-refractivity contribution is 5.79. The molecule has 19 heavy (non-hydrogen) atoms. The van der Waals surface area contributed by atoms with Crippen molar-refractivity contribution < 1.29 is 4.79 Å². The fourth-order valence-corrected chi connectivity index (χ4v) is 3.33. The van der Waals surface area contributed by atoms with Crippen molar-refractivity contribution in [2.75, 3.05) is 13.1 Å². The van der Waals surface area contributed by atoms with Gasteiger partial charge in [-0.05, 0) is 25.7 Å². The molecular weight excluding hydrogens is 236 g/mol. The van der Waals surface area contributed by atoms with Crippen LogP contribution in [0.2, 0.25) is 0 Å². The molecule has 0 atom stereocenters. The van der Waals surface area contributed by atoms with E-state index < -0.39 is 0 Å². The molecule has 1 fully saturated rings. The van der Waals surface area contributed by atoms with Gasteiger partial charge >= 0.3 is 0 Å². The minimum atomic E-state index is 0.225. The highest BCUT2D eigenvalue weighted by Crippen LogP contribution is 2.26. The number of nitrogens with two attached hydrogens (primary N) is 1. The van der Waals surface area contributed by atoms with Crippen LogP contribution in [0.15, 0.2) is 0 Å². The summed E-state index contributed by atoms with van der Waals surface area (Å²) in [6.45, 7) is 5.67. The summed E-state index contributed by atoms with van der Waals surface area (Å²) in [5.74, 6) is 0.601. The predicted octanol–water partition coefficient (Wildman–Crippen LogP) is 3.32. The second-order valence-electron chi connectivity index (χ2n) is 5.89. The smallest absolute Gasteiger partial charge is 0.225 e. The van der Waals surface area contributed by atoms with Crippen molar-refractivity contribution in [1.29, 1.82) is 0 Å². The summed E-state index contributed by atoms with van der Waals surface area (Å²) in [7, 11) is 0. The molecule has 0 aliphatic heterocycles. The molecule has 0 bridgehead atoms. The number of hydrogen-bond acceptors (Lipinski definition) is 2. The largest absolute Gasteiger partial charge is 0.338 e. The Bertz CT molecular complexity index is 243. The van der Waals surface area contributed by atoms with Crippen molar-refractivity contribution >= 4 is 5.91 Å². The maximum Gasteiger partial charge on any atom is 0.225 e. The normalized spacial score (nSPS) is 16.8. The molecule has 1 aliphatic carbocycles. The zero-order valence-corrected chi connectivity index (χ0v) is 12.9. The average Bonchev–Trinajstić information content (AvgIpc) is 2.45. The number of amides is 1. The van der Waals surface area contributed by atoms with Gasteiger partial charge in [0.05, 0.1) is 0 Å². The Morgan fingerprint density at radius 2 is 1.74 bits per heavy atom. The van der Waals surface area contributed by atoms with Crippen LogP contribution in [0.3, 0.4) is 0 Å². The second-order valence-corrected chi connectivity index (χ2v) is 5.89. The molecule has 0 aromatic heterocycles. The van der Waals surface area contributed by atoms with Crippen molar-refractivity contribution in [3.05, 3.63) is 0 Å². The van der Waals surface area contributed by atoms with E-state index in [0.29, 0.717) is 18.5 Å². The summed E-state index contributed by atoms with van der Waals surface area (Å²) in [4.78, 5) is 14.9. The fraction of sp³-hybridized carbons (Fsp3) is 0.938. The van der Waals surface area contributed by atoms with E-state index in [0.717, 1.165) is 32.2 Å². The van der Waals surface area contributed by atoms with Gasteiger partial charge in [0.25, 0.3) is 0 Å². The van der Waals surface area contributed by atoms with Crippen LogP contribution in [-0.2, 0) is 4.79 Å². The standard InChI is InChI=1S/C16H32N2O/c1-3-8-14(9-4-2)16(19)18(13-12-17)15-10-6-5-7-11-15/h14-15H,3-13,17H2,1-2H3. The van der Waals surface area contributed by atoms with Gasteiger partial charge in [-0.1, -0.05) is 46.0 Å². The lowest BCUT2D eigenvalue weighted by Gasteiger charge is -2.36. The quantitative estimate of drug-likeness (QED) is 0.734. The van der Waals surface area contributed by atoms with Crippen LogP contribution in [0.1, 0.15) is 71.6 Å². The first-order chi connectivity index (χ1) is 9.24. The van der Waals surface area contributed by atoms with E-state index in [4.69, 9.17) is 5.73 Å². The van der Waals surface area contributed by atoms with Gasteiger partial charge in [-0.3, -0.25) is 4.79 Å². The van der Waals surface area contributed by atoms with E-state index in [-0.39, 0.29) is 5.92 Å². The first-order valence-electron chi connectivity index (χ1n) is 8.25. The van der Waals surface area contributed by atoms with Gasteiger partial charge in [0.1, 0.15) is 0 Å². The molecule has 0 radical (unpaired) electrons. The number of nitrogens with zero attached hydrogens (tertiary/aromatic N) is 1. The van der Waals surface area contributed by atoms with Gasteiger partial charge in [-0.15, -0.1) is 0 Å². The number of hydrogen-bond donors (Lipinski definition) is 1. The van der Waals surface area contributed by atoms with E-state index in [1.807, 2.05) is 0 Å². The lowest BCUT2D eigenvalue weighted by Crippen LogP contribution is -2.46. The molecule has 0 aromatic rings. The first-order valence-corrected chi connectivity index (χ1v) is 8.25. The van der Waals surface area contributed by atoms with E-state index in [2.05, 4.69) is 18.7 Å². The first kappa shape index (κ1) is 16.5. The molecule has 0 aromatic carbocycles. The van der Waals surface area contributed by atoms with Gasteiger partial charge in [0.2, 0.25) is 5.91 Å². The highest BCUT2D eigenvalue weighted by atomic mass is 16.2. The molecule has 1 saturated carbocycles. The zero-order chi connectivity index (χ0) is 14.1. The maximum absolute atomic E-state index is 12.8. The molecule has 0 heterocycles. The fourth-order valence-electron chi connectivity index (χ4n) is 3.33. The number of carbonyl (C=O) groups excluding carboxylic acids is 1. The third-order valence-electron chi connectivity index (χ3n) is 4.29. The van der Waals surface area contributed by atoms with Gasteiger partial charge in [-0.2, -0.15) is 0 Å².